The zero-order valence-electron chi connectivity index (χ0n) is 37.4. The normalized spacial score (nSPS) is 12.2. The van der Waals surface area contributed by atoms with Crippen molar-refractivity contribution >= 4 is 148 Å². The predicted molar refractivity (Wildman–Crippen MR) is 306 cm³/mol. The van der Waals surface area contributed by atoms with Gasteiger partial charge in [0.05, 0.1) is 0 Å². The van der Waals surface area contributed by atoms with E-state index in [4.69, 9.17) is 19.4 Å². The maximum Gasteiger partial charge on any atom is 0.164 e. The number of nitrogens with zero attached hydrogens (tertiary/aromatic N) is 3. The zero-order chi connectivity index (χ0) is 46.3. The van der Waals surface area contributed by atoms with Crippen molar-refractivity contribution in [3.05, 3.63) is 200 Å². The van der Waals surface area contributed by atoms with Crippen LogP contribution in [0, 0.1) is 0 Å². The van der Waals surface area contributed by atoms with Gasteiger partial charge in [-0.3, -0.25) is 0 Å². The topological polar surface area (TPSA) is 51.8 Å². The summed E-state index contributed by atoms with van der Waals surface area (Å²) >= 11 is 7.31. The van der Waals surface area contributed by atoms with Crippen LogP contribution in [-0.4, -0.2) is 15.0 Å². The van der Waals surface area contributed by atoms with E-state index in [-0.39, 0.29) is 0 Å². The van der Waals surface area contributed by atoms with Gasteiger partial charge in [-0.15, -0.1) is 45.3 Å². The standard InChI is InChI=1S/C63H33N3OS4/c1-5-16-50-39(10-1)42-24-20-34(31-55(42)69-50)38-27-29-54-60(45-13-4-8-19-53(45)68-54)58(38)35-23-28-48-47(30-35)59-46(14-9-15-49(59)67-48)63-65-61(36-21-25-43-40-11-2-6-17-51(40)70-56(43)32-36)64-62(66-63)37-22-26-44-41-12-3-7-18-52(41)71-57(44)33-37/h1-33H. The van der Waals surface area contributed by atoms with Gasteiger partial charge >= 0.3 is 0 Å². The quantitative estimate of drug-likeness (QED) is 0.172. The highest BCUT2D eigenvalue weighted by Crippen LogP contribution is 2.48. The average Bonchev–Trinajstić information content (AvgIpc) is 4.25. The summed E-state index contributed by atoms with van der Waals surface area (Å²) in [6.45, 7) is 0. The van der Waals surface area contributed by atoms with Crippen LogP contribution in [0.3, 0.4) is 0 Å². The molecule has 6 heterocycles. The Balaban J connectivity index is 0.922. The van der Waals surface area contributed by atoms with Gasteiger partial charge in [0.1, 0.15) is 11.2 Å². The summed E-state index contributed by atoms with van der Waals surface area (Å²) < 4.78 is 16.8. The van der Waals surface area contributed by atoms with Gasteiger partial charge in [0.25, 0.3) is 0 Å². The molecule has 0 aliphatic heterocycles. The molecule has 0 radical (unpaired) electrons. The minimum Gasteiger partial charge on any atom is -0.456 e. The summed E-state index contributed by atoms with van der Waals surface area (Å²) in [4.78, 5) is 16.1. The number of fused-ring (bicyclic) bond motifs is 15. The second-order valence-electron chi connectivity index (χ2n) is 18.2. The van der Waals surface area contributed by atoms with Crippen molar-refractivity contribution in [1.82, 2.24) is 15.0 Å². The first-order chi connectivity index (χ1) is 35.1. The summed E-state index contributed by atoms with van der Waals surface area (Å²) in [5.74, 6) is 1.85. The van der Waals surface area contributed by atoms with E-state index in [0.717, 1.165) is 44.2 Å². The minimum absolute atomic E-state index is 0.597. The van der Waals surface area contributed by atoms with Crippen molar-refractivity contribution in [1.29, 1.82) is 0 Å². The molecule has 0 N–H and O–H groups in total. The van der Waals surface area contributed by atoms with Crippen LogP contribution in [0.1, 0.15) is 0 Å². The number of thiophene rings is 4. The molecule has 330 valence electrons. The van der Waals surface area contributed by atoms with Gasteiger partial charge in [-0.05, 0) is 89.0 Å². The lowest BCUT2D eigenvalue weighted by Gasteiger charge is -2.14. The van der Waals surface area contributed by atoms with E-state index in [0.29, 0.717) is 17.5 Å². The Kier molecular flexibility index (Phi) is 8.50. The Hall–Kier alpha value is -8.11. The van der Waals surface area contributed by atoms with Crippen molar-refractivity contribution in [3.8, 4) is 56.4 Å². The Bertz CT molecular complexity index is 4780. The Labute approximate surface area is 421 Å². The summed E-state index contributed by atoms with van der Waals surface area (Å²) in [6.07, 6.45) is 0. The summed E-state index contributed by atoms with van der Waals surface area (Å²) in [5, 5.41) is 12.1. The minimum atomic E-state index is 0.597. The maximum absolute atomic E-state index is 6.76. The molecule has 0 atom stereocenters. The van der Waals surface area contributed by atoms with Gasteiger partial charge in [0, 0.05) is 108 Å². The first kappa shape index (κ1) is 39.7. The molecule has 10 aromatic carbocycles. The van der Waals surface area contributed by atoms with E-state index in [1.807, 2.05) is 22.7 Å². The maximum atomic E-state index is 6.76. The van der Waals surface area contributed by atoms with Crippen LogP contribution in [0.4, 0.5) is 0 Å². The predicted octanol–water partition coefficient (Wildman–Crippen LogP) is 19.6. The molecule has 0 unspecified atom stereocenters. The molecule has 0 spiro atoms. The largest absolute Gasteiger partial charge is 0.456 e. The van der Waals surface area contributed by atoms with Crippen LogP contribution in [0.15, 0.2) is 205 Å². The highest BCUT2D eigenvalue weighted by Gasteiger charge is 2.22. The number of benzene rings is 10. The molecule has 0 aliphatic carbocycles. The van der Waals surface area contributed by atoms with Gasteiger partial charge in [-0.25, -0.2) is 15.0 Å². The van der Waals surface area contributed by atoms with E-state index in [1.54, 1.807) is 22.7 Å². The summed E-state index contributed by atoms with van der Waals surface area (Å²) in [7, 11) is 0. The Morgan fingerprint density at radius 2 is 0.746 bits per heavy atom. The molecule has 0 saturated carbocycles. The van der Waals surface area contributed by atoms with Crippen molar-refractivity contribution in [2.75, 3.05) is 0 Å². The summed E-state index contributed by atoms with van der Waals surface area (Å²) in [6, 6.07) is 72.6. The SMILES string of the molecule is c1cc(-c2nc(-c3ccc4c(c3)sc3ccccc34)nc(-c3ccc4c(c3)sc3ccccc34)n2)c2c(c1)oc1ccc(-c3c(-c4ccc5c(c4)sc4ccccc45)ccc4sc5ccccc5c34)cc12. The number of hydrogen-bond donors (Lipinski definition) is 0. The van der Waals surface area contributed by atoms with Crippen LogP contribution in [0.25, 0.3) is 159 Å². The fraction of sp³-hybridized carbons (Fsp3) is 0. The number of aromatic nitrogens is 3. The van der Waals surface area contributed by atoms with Gasteiger partial charge in [0.2, 0.25) is 0 Å². The highest BCUT2D eigenvalue weighted by molar-refractivity contribution is 7.27. The average molecular weight is 976 g/mol. The second kappa shape index (κ2) is 15.2. The molecule has 16 rings (SSSR count). The lowest BCUT2D eigenvalue weighted by Crippen LogP contribution is -2.00. The third-order valence-corrected chi connectivity index (χ3v) is 18.7. The van der Waals surface area contributed by atoms with Crippen LogP contribution >= 0.6 is 45.3 Å². The van der Waals surface area contributed by atoms with Crippen molar-refractivity contribution < 1.29 is 4.42 Å². The molecule has 0 bridgehead atoms. The van der Waals surface area contributed by atoms with E-state index in [1.165, 1.54) is 97.4 Å². The molecule has 6 aromatic heterocycles. The van der Waals surface area contributed by atoms with Crippen LogP contribution in [-0.2, 0) is 0 Å². The van der Waals surface area contributed by atoms with Gasteiger partial charge in [-0.2, -0.15) is 0 Å². The first-order valence-electron chi connectivity index (χ1n) is 23.5. The first-order valence-corrected chi connectivity index (χ1v) is 26.8. The van der Waals surface area contributed by atoms with E-state index < -0.39 is 0 Å². The number of furan rings is 1. The van der Waals surface area contributed by atoms with Gasteiger partial charge < -0.3 is 4.42 Å². The van der Waals surface area contributed by atoms with Crippen molar-refractivity contribution in [2.24, 2.45) is 0 Å². The second-order valence-corrected chi connectivity index (χ2v) is 22.5. The zero-order valence-corrected chi connectivity index (χ0v) is 40.7. The summed E-state index contributed by atoms with van der Waals surface area (Å²) in [5.41, 5.74) is 9.11. The Morgan fingerprint density at radius 1 is 0.268 bits per heavy atom. The van der Waals surface area contributed by atoms with E-state index in [9.17, 15) is 0 Å². The molecule has 71 heavy (non-hydrogen) atoms. The third-order valence-electron chi connectivity index (χ3n) is 14.2. The molecule has 4 nitrogen and oxygen atoms in total. The molecule has 8 heteroatoms. The lowest BCUT2D eigenvalue weighted by atomic mass is 9.89. The van der Waals surface area contributed by atoms with Crippen LogP contribution in [0.2, 0.25) is 0 Å². The smallest absolute Gasteiger partial charge is 0.164 e. The molecule has 0 amide bonds. The van der Waals surface area contributed by atoms with E-state index >= 15 is 0 Å². The molecule has 0 saturated heterocycles. The third kappa shape index (κ3) is 6.09. The fourth-order valence-corrected chi connectivity index (χ4v) is 15.5. The number of rotatable bonds is 5. The number of hydrogen-bond acceptors (Lipinski definition) is 8. The lowest BCUT2D eigenvalue weighted by molar-refractivity contribution is 0.669. The molecule has 0 aliphatic rings. The molecular weight excluding hydrogens is 943 g/mol. The monoisotopic (exact) mass is 975 g/mol. The highest BCUT2D eigenvalue weighted by atomic mass is 32.1. The molecule has 0 fully saturated rings. The van der Waals surface area contributed by atoms with Crippen LogP contribution in [0.5, 0.6) is 0 Å². The fourth-order valence-electron chi connectivity index (χ4n) is 10.9. The van der Waals surface area contributed by atoms with Crippen molar-refractivity contribution in [2.45, 2.75) is 0 Å². The Morgan fingerprint density at radius 3 is 1.35 bits per heavy atom. The van der Waals surface area contributed by atoms with Gasteiger partial charge in [-0.1, -0.05) is 133 Å². The van der Waals surface area contributed by atoms with Crippen LogP contribution < -0.4 is 0 Å². The molecule has 16 aromatic rings. The molecular formula is C63H33N3OS4. The van der Waals surface area contributed by atoms with E-state index in [2.05, 4.69) is 200 Å². The van der Waals surface area contributed by atoms with Gasteiger partial charge in [0.15, 0.2) is 17.5 Å². The van der Waals surface area contributed by atoms with Crippen molar-refractivity contribution in [3.63, 3.8) is 0 Å².